The molecule has 3 heterocycles. The lowest BCUT2D eigenvalue weighted by Gasteiger charge is -2.15. The molecular formula is C22H19N3O2. The number of benzene rings is 2. The molecule has 0 N–H and O–H groups in total. The van der Waals surface area contributed by atoms with E-state index in [9.17, 15) is 0 Å². The molecule has 0 aliphatic carbocycles. The zero-order chi connectivity index (χ0) is 18.7. The Kier molecular flexibility index (Phi) is 3.28. The third-order valence-corrected chi connectivity index (χ3v) is 5.05. The van der Waals surface area contributed by atoms with E-state index in [4.69, 9.17) is 8.83 Å². The molecular weight excluding hydrogens is 338 g/mol. The second-order valence-corrected chi connectivity index (χ2v) is 7.00. The van der Waals surface area contributed by atoms with Crippen molar-refractivity contribution in [3.63, 3.8) is 0 Å². The van der Waals surface area contributed by atoms with E-state index in [0.29, 0.717) is 11.7 Å². The van der Waals surface area contributed by atoms with Gasteiger partial charge in [-0.3, -0.25) is 4.57 Å². The number of hydrogen-bond donors (Lipinski definition) is 0. The molecule has 0 atom stereocenters. The maximum absolute atomic E-state index is 5.89. The van der Waals surface area contributed by atoms with Crippen LogP contribution in [-0.4, -0.2) is 14.5 Å². The number of fused-ring (bicyclic) bond motifs is 3. The summed E-state index contributed by atoms with van der Waals surface area (Å²) in [6.45, 7) is 8.15. The van der Waals surface area contributed by atoms with Crippen molar-refractivity contribution < 1.29 is 8.83 Å². The van der Waals surface area contributed by atoms with E-state index in [-0.39, 0.29) is 0 Å². The van der Waals surface area contributed by atoms with Crippen molar-refractivity contribution in [2.75, 3.05) is 0 Å². The molecule has 5 aromatic rings. The van der Waals surface area contributed by atoms with Crippen LogP contribution in [0.2, 0.25) is 0 Å². The molecule has 2 aromatic carbocycles. The van der Waals surface area contributed by atoms with Crippen molar-refractivity contribution >= 4 is 22.3 Å². The zero-order valence-electron chi connectivity index (χ0n) is 15.7. The number of oxazole rings is 1. The topological polar surface area (TPSA) is 57.0 Å². The Hall–Kier alpha value is -3.34. The Balaban J connectivity index is 1.75. The summed E-state index contributed by atoms with van der Waals surface area (Å²) in [6.07, 6.45) is 3.84. The van der Waals surface area contributed by atoms with Gasteiger partial charge in [-0.2, -0.15) is 0 Å². The summed E-state index contributed by atoms with van der Waals surface area (Å²) in [4.78, 5) is 9.09. The highest BCUT2D eigenvalue weighted by atomic mass is 16.5. The first-order valence-electron chi connectivity index (χ1n) is 8.93. The Morgan fingerprint density at radius 2 is 1.70 bits per heavy atom. The summed E-state index contributed by atoms with van der Waals surface area (Å²) >= 11 is 0. The maximum atomic E-state index is 5.89. The molecule has 134 valence electrons. The van der Waals surface area contributed by atoms with E-state index in [0.717, 1.165) is 39.1 Å². The second kappa shape index (κ2) is 5.58. The van der Waals surface area contributed by atoms with Crippen molar-refractivity contribution in [1.82, 2.24) is 14.5 Å². The van der Waals surface area contributed by atoms with Crippen molar-refractivity contribution in [1.29, 1.82) is 0 Å². The van der Waals surface area contributed by atoms with Gasteiger partial charge in [-0.1, -0.05) is 18.2 Å². The van der Waals surface area contributed by atoms with Crippen LogP contribution in [0.4, 0.5) is 0 Å². The van der Waals surface area contributed by atoms with Crippen LogP contribution in [-0.2, 0) is 0 Å². The summed E-state index contributed by atoms with van der Waals surface area (Å²) in [7, 11) is 0. The highest BCUT2D eigenvalue weighted by Crippen LogP contribution is 2.35. The third-order valence-electron chi connectivity index (χ3n) is 5.05. The Labute approximate surface area is 156 Å². The number of nitrogens with zero attached hydrogens (tertiary/aromatic N) is 3. The molecule has 0 aliphatic heterocycles. The SMILES string of the molecule is Cc1nc2c(o1)oc1cc(-c3nccn3-c3c(C)cccc3C)c(C)cc12. The van der Waals surface area contributed by atoms with Gasteiger partial charge >= 0.3 is 5.78 Å². The lowest BCUT2D eigenvalue weighted by molar-refractivity contribution is 0.473. The second-order valence-electron chi connectivity index (χ2n) is 7.00. The van der Waals surface area contributed by atoms with Crippen LogP contribution in [0.15, 0.2) is 51.6 Å². The van der Waals surface area contributed by atoms with Gasteiger partial charge in [0.25, 0.3) is 0 Å². The van der Waals surface area contributed by atoms with Crippen LogP contribution in [0.25, 0.3) is 39.3 Å². The molecule has 0 saturated carbocycles. The molecule has 0 amide bonds. The van der Waals surface area contributed by atoms with E-state index in [1.54, 1.807) is 0 Å². The largest absolute Gasteiger partial charge is 0.424 e. The monoisotopic (exact) mass is 357 g/mol. The van der Waals surface area contributed by atoms with Crippen LogP contribution in [0, 0.1) is 27.7 Å². The van der Waals surface area contributed by atoms with E-state index < -0.39 is 0 Å². The van der Waals surface area contributed by atoms with Crippen LogP contribution in [0.1, 0.15) is 22.6 Å². The quantitative estimate of drug-likeness (QED) is 0.409. The number of para-hydroxylation sites is 1. The first kappa shape index (κ1) is 15.9. The number of aromatic nitrogens is 3. The molecule has 0 saturated heterocycles. The fourth-order valence-corrected chi connectivity index (χ4v) is 3.81. The highest BCUT2D eigenvalue weighted by molar-refractivity contribution is 6.02. The first-order chi connectivity index (χ1) is 13.0. The van der Waals surface area contributed by atoms with E-state index in [1.165, 1.54) is 11.1 Å². The third kappa shape index (κ3) is 2.31. The van der Waals surface area contributed by atoms with Gasteiger partial charge in [0.1, 0.15) is 11.4 Å². The van der Waals surface area contributed by atoms with E-state index in [1.807, 2.05) is 25.4 Å². The number of hydrogen-bond acceptors (Lipinski definition) is 4. The van der Waals surface area contributed by atoms with E-state index >= 15 is 0 Å². The number of furan rings is 1. The minimum absolute atomic E-state index is 0.470. The number of rotatable bonds is 2. The van der Waals surface area contributed by atoms with Gasteiger partial charge in [0.2, 0.25) is 0 Å². The average molecular weight is 357 g/mol. The maximum Gasteiger partial charge on any atom is 0.319 e. The van der Waals surface area contributed by atoms with Gasteiger partial charge in [-0.15, -0.1) is 0 Å². The Bertz CT molecular complexity index is 1300. The van der Waals surface area contributed by atoms with Crippen molar-refractivity contribution in [2.45, 2.75) is 27.7 Å². The number of imidazole rings is 1. The molecule has 5 heteroatoms. The molecule has 0 unspecified atom stereocenters. The average Bonchev–Trinajstić information content (AvgIpc) is 3.29. The first-order valence-corrected chi connectivity index (χ1v) is 8.93. The molecule has 0 aliphatic rings. The van der Waals surface area contributed by atoms with Gasteiger partial charge in [-0.25, -0.2) is 9.97 Å². The summed E-state index contributed by atoms with van der Waals surface area (Å²) in [5.74, 6) is 1.97. The highest BCUT2D eigenvalue weighted by Gasteiger charge is 2.18. The lowest BCUT2D eigenvalue weighted by Crippen LogP contribution is -2.02. The van der Waals surface area contributed by atoms with Gasteiger partial charge in [0.05, 0.1) is 11.1 Å². The van der Waals surface area contributed by atoms with Gasteiger partial charge in [-0.05, 0) is 49.6 Å². The van der Waals surface area contributed by atoms with Crippen molar-refractivity contribution in [2.24, 2.45) is 0 Å². The van der Waals surface area contributed by atoms with E-state index in [2.05, 4.69) is 59.6 Å². The Morgan fingerprint density at radius 1 is 0.926 bits per heavy atom. The van der Waals surface area contributed by atoms with Crippen LogP contribution >= 0.6 is 0 Å². The minimum atomic E-state index is 0.470. The summed E-state index contributed by atoms with van der Waals surface area (Å²) in [5, 5.41) is 0.966. The van der Waals surface area contributed by atoms with Crippen LogP contribution < -0.4 is 0 Å². The van der Waals surface area contributed by atoms with Gasteiger partial charge in [0.15, 0.2) is 11.4 Å². The minimum Gasteiger partial charge on any atom is -0.424 e. The molecule has 0 bridgehead atoms. The predicted octanol–water partition coefficient (Wildman–Crippen LogP) is 5.66. The molecule has 0 spiro atoms. The zero-order valence-corrected chi connectivity index (χ0v) is 15.7. The normalized spacial score (nSPS) is 11.7. The van der Waals surface area contributed by atoms with Gasteiger partial charge in [0, 0.05) is 24.9 Å². The number of aryl methyl sites for hydroxylation is 4. The fraction of sp³-hybridized carbons (Fsp3) is 0.182. The van der Waals surface area contributed by atoms with Crippen molar-refractivity contribution in [3.8, 4) is 17.1 Å². The lowest BCUT2D eigenvalue weighted by atomic mass is 10.0. The summed E-state index contributed by atoms with van der Waals surface area (Å²) in [5.41, 5.74) is 7.26. The smallest absolute Gasteiger partial charge is 0.319 e. The molecule has 0 radical (unpaired) electrons. The Morgan fingerprint density at radius 3 is 2.48 bits per heavy atom. The van der Waals surface area contributed by atoms with Crippen molar-refractivity contribution in [3.05, 3.63) is 65.3 Å². The predicted molar refractivity (Wildman–Crippen MR) is 105 cm³/mol. The van der Waals surface area contributed by atoms with Crippen LogP contribution in [0.3, 0.4) is 0 Å². The van der Waals surface area contributed by atoms with Gasteiger partial charge < -0.3 is 8.83 Å². The van der Waals surface area contributed by atoms with Crippen LogP contribution in [0.5, 0.6) is 0 Å². The standard InChI is InChI=1S/C22H19N3O2/c1-12-6-5-7-13(2)20(12)25-9-8-23-21(25)16-11-18-17(10-14(16)3)19-22(27-18)26-15(4)24-19/h5-11H,1-4H3. The molecule has 27 heavy (non-hydrogen) atoms. The molecule has 5 nitrogen and oxygen atoms in total. The summed E-state index contributed by atoms with van der Waals surface area (Å²) in [6, 6.07) is 10.5. The molecule has 5 rings (SSSR count). The fourth-order valence-electron chi connectivity index (χ4n) is 3.81. The summed E-state index contributed by atoms with van der Waals surface area (Å²) < 4.78 is 13.6. The molecule has 0 fully saturated rings. The molecule has 3 aromatic heterocycles.